The summed E-state index contributed by atoms with van der Waals surface area (Å²) in [4.78, 5) is 10.0. The number of rotatable bonds is 4. The molecule has 100 valence electrons. The Kier molecular flexibility index (Phi) is 3.46. The Labute approximate surface area is 107 Å². The number of hydrogen-bond donors (Lipinski definition) is 1. The molecule has 0 radical (unpaired) electrons. The number of nitrogens with zero attached hydrogens (tertiary/aromatic N) is 2. The number of halogens is 2. The van der Waals surface area contributed by atoms with Crippen LogP contribution < -0.4 is 5.32 Å². The van der Waals surface area contributed by atoms with E-state index in [-0.39, 0.29) is 6.54 Å². The number of anilines is 1. The molecule has 1 aromatic carbocycles. The largest absolute Gasteiger partial charge is 0.371 e. The van der Waals surface area contributed by atoms with E-state index in [1.165, 1.54) is 0 Å². The molecule has 1 heterocycles. The average molecular weight is 267 g/mol. The maximum absolute atomic E-state index is 13.6. The van der Waals surface area contributed by atoms with Crippen LogP contribution in [0.2, 0.25) is 0 Å². The highest BCUT2D eigenvalue weighted by Gasteiger charge is 2.21. The van der Waals surface area contributed by atoms with Gasteiger partial charge in [-0.1, -0.05) is 0 Å². The highest BCUT2D eigenvalue weighted by molar-refractivity contribution is 5.62. The number of aromatic nitrogens is 1. The fourth-order valence-corrected chi connectivity index (χ4v) is 1.72. The Bertz CT molecular complexity index is 625. The van der Waals surface area contributed by atoms with Crippen LogP contribution in [0.15, 0.2) is 30.5 Å². The number of benzene rings is 1. The van der Waals surface area contributed by atoms with Gasteiger partial charge in [0.15, 0.2) is 17.3 Å². The maximum atomic E-state index is 13.6. The van der Waals surface area contributed by atoms with Crippen molar-refractivity contribution in [2.75, 3.05) is 5.32 Å². The number of hydrogen-bond acceptors (Lipinski definition) is 3. The molecule has 7 heteroatoms. The monoisotopic (exact) mass is 267 g/mol. The van der Waals surface area contributed by atoms with Gasteiger partial charge in [-0.15, -0.1) is 0 Å². The second-order valence-corrected chi connectivity index (χ2v) is 3.98. The summed E-state index contributed by atoms with van der Waals surface area (Å²) in [5.74, 6) is -2.37. The van der Waals surface area contributed by atoms with Crippen LogP contribution in [0.4, 0.5) is 20.2 Å². The Morgan fingerprint density at radius 3 is 2.68 bits per heavy atom. The first-order valence-corrected chi connectivity index (χ1v) is 5.47. The van der Waals surface area contributed by atoms with Crippen molar-refractivity contribution < 1.29 is 13.7 Å². The van der Waals surface area contributed by atoms with E-state index in [1.54, 1.807) is 29.9 Å². The summed E-state index contributed by atoms with van der Waals surface area (Å²) in [6.45, 7) is 0.157. The minimum atomic E-state index is -1.25. The van der Waals surface area contributed by atoms with Gasteiger partial charge in [0.05, 0.1) is 11.5 Å². The van der Waals surface area contributed by atoms with E-state index in [4.69, 9.17) is 0 Å². The van der Waals surface area contributed by atoms with Crippen LogP contribution in [0.3, 0.4) is 0 Å². The molecule has 0 spiro atoms. The molecule has 0 aliphatic carbocycles. The summed E-state index contributed by atoms with van der Waals surface area (Å²) in [7, 11) is 1.79. The highest BCUT2D eigenvalue weighted by atomic mass is 19.2. The topological polar surface area (TPSA) is 60.1 Å². The van der Waals surface area contributed by atoms with Gasteiger partial charge in [0, 0.05) is 25.0 Å². The van der Waals surface area contributed by atoms with E-state index in [0.29, 0.717) is 0 Å². The molecule has 0 amide bonds. The van der Waals surface area contributed by atoms with Gasteiger partial charge < -0.3 is 9.88 Å². The van der Waals surface area contributed by atoms with Gasteiger partial charge in [-0.25, -0.2) is 8.78 Å². The summed E-state index contributed by atoms with van der Waals surface area (Å²) in [6.07, 6.45) is 1.79. The molecular formula is C12H11F2N3O2. The van der Waals surface area contributed by atoms with Crippen molar-refractivity contribution in [1.82, 2.24) is 4.57 Å². The highest BCUT2D eigenvalue weighted by Crippen LogP contribution is 2.29. The number of nitro benzene ring substituents is 1. The SMILES string of the molecule is Cn1cccc1CNc1c([N+](=O)[O-])ccc(F)c1F. The first kappa shape index (κ1) is 13.0. The molecule has 0 unspecified atom stereocenters. The summed E-state index contributed by atoms with van der Waals surface area (Å²) in [6, 6.07) is 5.23. The molecule has 19 heavy (non-hydrogen) atoms. The van der Waals surface area contributed by atoms with E-state index < -0.39 is 27.9 Å². The fraction of sp³-hybridized carbons (Fsp3) is 0.167. The molecule has 0 fully saturated rings. The smallest absolute Gasteiger partial charge is 0.295 e. The van der Waals surface area contributed by atoms with Gasteiger partial charge in [0.25, 0.3) is 5.69 Å². The van der Waals surface area contributed by atoms with Crippen molar-refractivity contribution in [3.05, 3.63) is 57.9 Å². The van der Waals surface area contributed by atoms with Crippen LogP contribution in [0.5, 0.6) is 0 Å². The summed E-state index contributed by atoms with van der Waals surface area (Å²) in [5, 5.41) is 13.4. The summed E-state index contributed by atoms with van der Waals surface area (Å²) >= 11 is 0. The third kappa shape index (κ3) is 2.54. The first-order valence-electron chi connectivity index (χ1n) is 5.47. The summed E-state index contributed by atoms with van der Waals surface area (Å²) in [5.41, 5.74) is -0.141. The minimum absolute atomic E-state index is 0.157. The van der Waals surface area contributed by atoms with Crippen LogP contribution in [-0.2, 0) is 13.6 Å². The van der Waals surface area contributed by atoms with Crippen LogP contribution in [0.1, 0.15) is 5.69 Å². The van der Waals surface area contributed by atoms with Crippen LogP contribution in [0.25, 0.3) is 0 Å². The molecule has 1 aromatic heterocycles. The normalized spacial score (nSPS) is 10.5. The predicted octanol–water partition coefficient (Wildman–Crippen LogP) is 2.82. The third-order valence-electron chi connectivity index (χ3n) is 2.77. The van der Waals surface area contributed by atoms with Gasteiger partial charge in [0.2, 0.25) is 0 Å². The zero-order valence-corrected chi connectivity index (χ0v) is 10.1. The lowest BCUT2D eigenvalue weighted by Gasteiger charge is -2.09. The quantitative estimate of drug-likeness (QED) is 0.684. The van der Waals surface area contributed by atoms with Crippen LogP contribution in [0, 0.1) is 21.7 Å². The number of aryl methyl sites for hydroxylation is 1. The molecular weight excluding hydrogens is 256 g/mol. The van der Waals surface area contributed by atoms with Crippen LogP contribution >= 0.6 is 0 Å². The van der Waals surface area contributed by atoms with Crippen molar-refractivity contribution in [2.45, 2.75) is 6.54 Å². The van der Waals surface area contributed by atoms with E-state index in [9.17, 15) is 18.9 Å². The number of nitro groups is 1. The van der Waals surface area contributed by atoms with Gasteiger partial charge in [-0.2, -0.15) is 0 Å². The average Bonchev–Trinajstić information content (AvgIpc) is 2.76. The third-order valence-corrected chi connectivity index (χ3v) is 2.77. The van der Waals surface area contributed by atoms with Crippen LogP contribution in [-0.4, -0.2) is 9.49 Å². The van der Waals surface area contributed by atoms with Gasteiger partial charge in [-0.05, 0) is 18.2 Å². The summed E-state index contributed by atoms with van der Waals surface area (Å²) < 4.78 is 28.5. The Morgan fingerprint density at radius 2 is 2.11 bits per heavy atom. The molecule has 0 bridgehead atoms. The second-order valence-electron chi connectivity index (χ2n) is 3.98. The molecule has 0 aliphatic rings. The van der Waals surface area contributed by atoms with Crippen molar-refractivity contribution in [1.29, 1.82) is 0 Å². The Morgan fingerprint density at radius 1 is 1.37 bits per heavy atom. The van der Waals surface area contributed by atoms with E-state index in [1.807, 2.05) is 0 Å². The molecule has 0 saturated carbocycles. The standard InChI is InChI=1S/C12H11F2N3O2/c1-16-6-2-3-8(16)7-15-12-10(17(18)19)5-4-9(13)11(12)14/h2-6,15H,7H2,1H3. The fourth-order valence-electron chi connectivity index (χ4n) is 1.72. The molecule has 2 aromatic rings. The zero-order valence-electron chi connectivity index (χ0n) is 10.1. The molecule has 0 atom stereocenters. The predicted molar refractivity (Wildman–Crippen MR) is 65.8 cm³/mol. The van der Waals surface area contributed by atoms with Crippen molar-refractivity contribution in [3.63, 3.8) is 0 Å². The molecule has 1 N–H and O–H groups in total. The maximum Gasteiger partial charge on any atom is 0.295 e. The Balaban J connectivity index is 2.31. The van der Waals surface area contributed by atoms with E-state index >= 15 is 0 Å². The molecule has 2 rings (SSSR count). The lowest BCUT2D eigenvalue weighted by molar-refractivity contribution is -0.384. The first-order chi connectivity index (χ1) is 9.00. The number of nitrogens with one attached hydrogen (secondary N) is 1. The van der Waals surface area contributed by atoms with Gasteiger partial charge in [0.1, 0.15) is 0 Å². The van der Waals surface area contributed by atoms with Crippen molar-refractivity contribution in [2.24, 2.45) is 7.05 Å². The van der Waals surface area contributed by atoms with Crippen molar-refractivity contribution in [3.8, 4) is 0 Å². The lowest BCUT2D eigenvalue weighted by atomic mass is 10.2. The molecule has 0 aliphatic heterocycles. The second kappa shape index (κ2) is 5.05. The van der Waals surface area contributed by atoms with E-state index in [0.717, 1.165) is 17.8 Å². The zero-order chi connectivity index (χ0) is 14.0. The molecule has 5 nitrogen and oxygen atoms in total. The Hall–Kier alpha value is -2.44. The van der Waals surface area contributed by atoms with Gasteiger partial charge >= 0.3 is 0 Å². The van der Waals surface area contributed by atoms with Crippen molar-refractivity contribution >= 4 is 11.4 Å². The lowest BCUT2D eigenvalue weighted by Crippen LogP contribution is -2.08. The van der Waals surface area contributed by atoms with E-state index in [2.05, 4.69) is 5.32 Å². The molecule has 0 saturated heterocycles. The minimum Gasteiger partial charge on any atom is -0.371 e. The van der Waals surface area contributed by atoms with Gasteiger partial charge in [-0.3, -0.25) is 10.1 Å².